The molecule has 1 aliphatic rings. The molecule has 0 bridgehead atoms. The second-order valence-corrected chi connectivity index (χ2v) is 15.8. The van der Waals surface area contributed by atoms with Gasteiger partial charge < -0.3 is 9.73 Å². The van der Waals surface area contributed by atoms with E-state index in [9.17, 15) is 0 Å². The van der Waals surface area contributed by atoms with E-state index >= 15 is 0 Å². The summed E-state index contributed by atoms with van der Waals surface area (Å²) in [5.74, 6) is 1.36. The lowest BCUT2D eigenvalue weighted by Gasteiger charge is -2.25. The van der Waals surface area contributed by atoms with E-state index in [1.165, 1.54) is 0 Å². The summed E-state index contributed by atoms with van der Waals surface area (Å²) in [5.41, 5.74) is 15.8. The normalized spacial score (nSPS) is 13.2. The standard InChI is InChI=1S/C59H41N3O.C2H6/c1-6-19-40(20-7-1)48-36-49(41-21-8-2-9-22-41)38-50(37-48)59-61-57(60-58(62-59)47-33-34-52-51-31-16-17-32-53(51)63-54(52)39-47)46-30-18-29-45(35-46)56(44-27-14-5-15-28-44)55(42-23-10-3-11-24-42)43-25-12-4-13-26-43;1-2/h1-39,59H,(H,60,61,62);1-2H3. The molecular formula is C61H47N3O. The van der Waals surface area contributed by atoms with E-state index in [-0.39, 0.29) is 0 Å². The molecule has 10 aromatic rings. The lowest BCUT2D eigenvalue weighted by atomic mass is 9.85. The Labute approximate surface area is 380 Å². The fraction of sp³-hybridized carbons (Fsp3) is 0.0492. The van der Waals surface area contributed by atoms with Crippen molar-refractivity contribution in [2.45, 2.75) is 20.0 Å². The average Bonchev–Trinajstić information content (AvgIpc) is 3.77. The first-order chi connectivity index (χ1) is 32.2. The topological polar surface area (TPSA) is 49.9 Å². The van der Waals surface area contributed by atoms with Crippen LogP contribution in [-0.2, 0) is 0 Å². The Hall–Kier alpha value is -8.34. The van der Waals surface area contributed by atoms with Crippen molar-refractivity contribution in [3.63, 3.8) is 0 Å². The highest BCUT2D eigenvalue weighted by atomic mass is 16.3. The molecule has 11 rings (SSSR count). The van der Waals surface area contributed by atoms with Gasteiger partial charge in [-0.3, -0.25) is 0 Å². The number of nitrogens with zero attached hydrogens (tertiary/aromatic N) is 2. The fourth-order valence-electron chi connectivity index (χ4n) is 8.71. The Balaban J connectivity index is 0.00000246. The molecule has 0 aliphatic carbocycles. The molecule has 1 atom stereocenters. The van der Waals surface area contributed by atoms with Gasteiger partial charge in [-0.2, -0.15) is 0 Å². The van der Waals surface area contributed by atoms with Gasteiger partial charge in [0.15, 0.2) is 5.84 Å². The number of hydrogen-bond donors (Lipinski definition) is 1. The Morgan fingerprint density at radius 1 is 0.385 bits per heavy atom. The molecule has 0 radical (unpaired) electrons. The third kappa shape index (κ3) is 8.46. The summed E-state index contributed by atoms with van der Waals surface area (Å²) in [6.45, 7) is 4.00. The van der Waals surface area contributed by atoms with Crippen LogP contribution < -0.4 is 5.32 Å². The van der Waals surface area contributed by atoms with E-state index in [1.54, 1.807) is 0 Å². The van der Waals surface area contributed by atoms with Gasteiger partial charge in [0.05, 0.1) is 0 Å². The molecule has 4 nitrogen and oxygen atoms in total. The van der Waals surface area contributed by atoms with Gasteiger partial charge in [-0.05, 0) is 104 Å². The number of amidine groups is 2. The van der Waals surface area contributed by atoms with Gasteiger partial charge in [0.1, 0.15) is 23.2 Å². The van der Waals surface area contributed by atoms with Crippen molar-refractivity contribution in [1.29, 1.82) is 0 Å². The molecule has 0 saturated heterocycles. The van der Waals surface area contributed by atoms with E-state index < -0.39 is 6.17 Å². The first-order valence-corrected chi connectivity index (χ1v) is 22.3. The van der Waals surface area contributed by atoms with Gasteiger partial charge in [-0.25, -0.2) is 9.98 Å². The molecule has 1 unspecified atom stereocenters. The molecule has 65 heavy (non-hydrogen) atoms. The summed E-state index contributed by atoms with van der Waals surface area (Å²) in [6.07, 6.45) is -0.456. The summed E-state index contributed by atoms with van der Waals surface area (Å²) in [4.78, 5) is 10.8. The van der Waals surface area contributed by atoms with Crippen LogP contribution in [0.25, 0.3) is 55.3 Å². The Bertz CT molecular complexity index is 3240. The molecule has 2 heterocycles. The maximum atomic E-state index is 6.40. The average molecular weight is 838 g/mol. The molecule has 4 heteroatoms. The zero-order valence-electron chi connectivity index (χ0n) is 36.4. The summed E-state index contributed by atoms with van der Waals surface area (Å²) < 4.78 is 6.40. The van der Waals surface area contributed by atoms with Gasteiger partial charge in [0.2, 0.25) is 0 Å². The number of para-hydroxylation sites is 1. The second kappa shape index (κ2) is 18.6. The van der Waals surface area contributed by atoms with Crippen LogP contribution in [0.2, 0.25) is 0 Å². The second-order valence-electron chi connectivity index (χ2n) is 15.8. The predicted molar refractivity (Wildman–Crippen MR) is 272 cm³/mol. The Morgan fingerprint density at radius 3 is 1.45 bits per heavy atom. The van der Waals surface area contributed by atoms with Crippen LogP contribution in [0.4, 0.5) is 0 Å². The number of aliphatic imine (C=N–C) groups is 2. The molecule has 1 aliphatic heterocycles. The van der Waals surface area contributed by atoms with E-state index in [0.717, 1.165) is 100 Å². The van der Waals surface area contributed by atoms with Gasteiger partial charge in [-0.1, -0.05) is 208 Å². The van der Waals surface area contributed by atoms with Crippen molar-refractivity contribution in [3.05, 3.63) is 276 Å². The van der Waals surface area contributed by atoms with Gasteiger partial charge >= 0.3 is 0 Å². The van der Waals surface area contributed by atoms with Crippen LogP contribution in [0.5, 0.6) is 0 Å². The molecule has 0 spiro atoms. The minimum Gasteiger partial charge on any atom is -0.456 e. The molecule has 1 aromatic heterocycles. The van der Waals surface area contributed by atoms with Crippen molar-refractivity contribution in [3.8, 4) is 22.3 Å². The van der Waals surface area contributed by atoms with Crippen LogP contribution in [0.1, 0.15) is 59.0 Å². The Kier molecular flexibility index (Phi) is 11.6. The molecule has 1 N–H and O–H groups in total. The lowest BCUT2D eigenvalue weighted by molar-refractivity contribution is 0.666. The van der Waals surface area contributed by atoms with Crippen LogP contribution >= 0.6 is 0 Å². The predicted octanol–water partition coefficient (Wildman–Crippen LogP) is 15.4. The number of fused-ring (bicyclic) bond motifs is 3. The highest BCUT2D eigenvalue weighted by Gasteiger charge is 2.24. The number of hydrogen-bond acceptors (Lipinski definition) is 4. The monoisotopic (exact) mass is 837 g/mol. The highest BCUT2D eigenvalue weighted by molar-refractivity contribution is 6.15. The van der Waals surface area contributed by atoms with Crippen molar-refractivity contribution in [2.75, 3.05) is 0 Å². The SMILES string of the molecule is CC.c1ccc(C(=C(c2ccccc2)c2cccc(C3=NC(c4cc(-c5ccccc5)cc(-c5ccccc5)c4)NC(c4ccc5c(c4)oc4ccccc45)=N3)c2)c2ccccc2)cc1. The third-order valence-electron chi connectivity index (χ3n) is 11.7. The number of nitrogens with one attached hydrogen (secondary N) is 1. The number of benzene rings is 9. The van der Waals surface area contributed by atoms with Crippen LogP contribution in [0.15, 0.2) is 251 Å². The molecule has 9 aromatic carbocycles. The maximum Gasteiger partial charge on any atom is 0.159 e. The molecule has 0 fully saturated rings. The third-order valence-corrected chi connectivity index (χ3v) is 11.7. The summed E-state index contributed by atoms with van der Waals surface area (Å²) in [7, 11) is 0. The summed E-state index contributed by atoms with van der Waals surface area (Å²) in [6, 6.07) is 83.1. The fourth-order valence-corrected chi connectivity index (χ4v) is 8.71. The zero-order valence-corrected chi connectivity index (χ0v) is 36.4. The van der Waals surface area contributed by atoms with Crippen LogP contribution in [-0.4, -0.2) is 11.7 Å². The van der Waals surface area contributed by atoms with Crippen molar-refractivity contribution in [2.24, 2.45) is 9.98 Å². The molecule has 0 saturated carbocycles. The van der Waals surface area contributed by atoms with Crippen molar-refractivity contribution < 1.29 is 4.42 Å². The molecular weight excluding hydrogens is 791 g/mol. The lowest BCUT2D eigenvalue weighted by Crippen LogP contribution is -2.33. The maximum absolute atomic E-state index is 6.40. The quantitative estimate of drug-likeness (QED) is 0.147. The number of furan rings is 1. The zero-order chi connectivity index (χ0) is 44.0. The van der Waals surface area contributed by atoms with Gasteiger partial charge in [0.25, 0.3) is 0 Å². The first kappa shape index (κ1) is 40.7. The van der Waals surface area contributed by atoms with Crippen LogP contribution in [0.3, 0.4) is 0 Å². The van der Waals surface area contributed by atoms with E-state index in [2.05, 4.69) is 224 Å². The largest absolute Gasteiger partial charge is 0.456 e. The Morgan fingerprint density at radius 2 is 0.862 bits per heavy atom. The van der Waals surface area contributed by atoms with E-state index in [0.29, 0.717) is 5.84 Å². The van der Waals surface area contributed by atoms with E-state index in [4.69, 9.17) is 14.4 Å². The molecule has 0 amide bonds. The first-order valence-electron chi connectivity index (χ1n) is 22.3. The van der Waals surface area contributed by atoms with Gasteiger partial charge in [-0.15, -0.1) is 0 Å². The van der Waals surface area contributed by atoms with Crippen LogP contribution in [0, 0.1) is 0 Å². The van der Waals surface area contributed by atoms with Crippen molar-refractivity contribution in [1.82, 2.24) is 5.32 Å². The smallest absolute Gasteiger partial charge is 0.159 e. The summed E-state index contributed by atoms with van der Waals surface area (Å²) in [5, 5.41) is 5.94. The minimum atomic E-state index is -0.456. The minimum absolute atomic E-state index is 0.456. The van der Waals surface area contributed by atoms with E-state index in [1.807, 2.05) is 32.0 Å². The highest BCUT2D eigenvalue weighted by Crippen LogP contribution is 2.38. The summed E-state index contributed by atoms with van der Waals surface area (Å²) >= 11 is 0. The number of rotatable bonds is 9. The molecule has 312 valence electrons. The van der Waals surface area contributed by atoms with Crippen molar-refractivity contribution >= 4 is 44.8 Å². The van der Waals surface area contributed by atoms with Gasteiger partial charge in [0, 0.05) is 21.9 Å².